The van der Waals surface area contributed by atoms with Crippen LogP contribution in [0.3, 0.4) is 0 Å². The Balaban J connectivity index is 1.31. The monoisotopic (exact) mass is 469 g/mol. The third kappa shape index (κ3) is 6.01. The number of benzene rings is 1. The topological polar surface area (TPSA) is 96.4 Å². The fourth-order valence-corrected chi connectivity index (χ4v) is 4.93. The maximum absolute atomic E-state index is 14.4. The van der Waals surface area contributed by atoms with Crippen LogP contribution < -0.4 is 20.3 Å². The van der Waals surface area contributed by atoms with Crippen molar-refractivity contribution in [2.75, 3.05) is 31.6 Å². The fraction of sp³-hybridized carbons (Fsp3) is 0.520. The number of hydrogen-bond donors (Lipinski definition) is 2. The summed E-state index contributed by atoms with van der Waals surface area (Å²) in [6.07, 6.45) is 7.55. The van der Waals surface area contributed by atoms with E-state index >= 15 is 0 Å². The molecular formula is C25H32FN5O3. The van der Waals surface area contributed by atoms with Gasteiger partial charge in [0, 0.05) is 50.4 Å². The molecule has 2 aliphatic heterocycles. The van der Waals surface area contributed by atoms with Crippen molar-refractivity contribution in [3.8, 4) is 5.75 Å². The van der Waals surface area contributed by atoms with Gasteiger partial charge < -0.3 is 20.3 Å². The predicted molar refractivity (Wildman–Crippen MR) is 126 cm³/mol. The van der Waals surface area contributed by atoms with Gasteiger partial charge in [-0.1, -0.05) is 0 Å². The van der Waals surface area contributed by atoms with Gasteiger partial charge in [0.2, 0.25) is 17.8 Å². The Morgan fingerprint density at radius 1 is 1.35 bits per heavy atom. The Kier molecular flexibility index (Phi) is 7.59. The first-order valence-electron chi connectivity index (χ1n) is 11.9. The lowest BCUT2D eigenvalue weighted by atomic mass is 9.84. The predicted octanol–water partition coefficient (Wildman–Crippen LogP) is 2.63. The largest absolute Gasteiger partial charge is 0.497 e. The third-order valence-electron chi connectivity index (χ3n) is 6.79. The van der Waals surface area contributed by atoms with E-state index in [2.05, 4.69) is 25.5 Å². The smallest absolute Gasteiger partial charge is 0.225 e. The first-order chi connectivity index (χ1) is 16.5. The highest BCUT2D eigenvalue weighted by Crippen LogP contribution is 2.31. The molecule has 0 bridgehead atoms. The molecule has 2 aromatic rings. The number of amides is 2. The van der Waals surface area contributed by atoms with Gasteiger partial charge in [-0.05, 0) is 67.9 Å². The molecule has 3 heterocycles. The lowest BCUT2D eigenvalue weighted by Gasteiger charge is -2.33. The van der Waals surface area contributed by atoms with Crippen molar-refractivity contribution < 1.29 is 18.7 Å². The average molecular weight is 470 g/mol. The van der Waals surface area contributed by atoms with Gasteiger partial charge in [-0.3, -0.25) is 9.59 Å². The molecule has 2 fully saturated rings. The minimum absolute atomic E-state index is 0.0558. The molecule has 2 N–H and O–H groups in total. The fourth-order valence-electron chi connectivity index (χ4n) is 4.93. The summed E-state index contributed by atoms with van der Waals surface area (Å²) in [6, 6.07) is 6.40. The zero-order valence-electron chi connectivity index (χ0n) is 19.6. The number of piperidine rings is 1. The lowest BCUT2D eigenvalue weighted by Crippen LogP contribution is -2.45. The molecular weight excluding hydrogens is 437 g/mol. The van der Waals surface area contributed by atoms with Crippen molar-refractivity contribution in [2.45, 2.75) is 50.5 Å². The van der Waals surface area contributed by atoms with Crippen molar-refractivity contribution >= 4 is 17.8 Å². The van der Waals surface area contributed by atoms with Crippen molar-refractivity contribution in [3.63, 3.8) is 0 Å². The second kappa shape index (κ2) is 10.8. The van der Waals surface area contributed by atoms with Crippen LogP contribution in [0.2, 0.25) is 0 Å². The second-order valence-electron chi connectivity index (χ2n) is 9.27. The molecule has 1 aromatic heterocycles. The van der Waals surface area contributed by atoms with E-state index in [1.54, 1.807) is 30.6 Å². The standard InChI is InChI=1S/C25H32FN5O3/c1-34-20-5-6-21(26)19(14-20)15-25(10-8-23(33)30-25)9-7-22(32)29-16-18-4-2-13-31(17-18)24-27-11-3-12-28-24/h3,5-6,11-12,14,18H,2,4,7-10,13,15-17H2,1H3,(H,29,32)(H,30,33)/t18-,25-/m0/s1. The first kappa shape index (κ1) is 23.9. The molecule has 0 spiro atoms. The molecule has 9 heteroatoms. The van der Waals surface area contributed by atoms with Crippen LogP contribution in [0, 0.1) is 11.7 Å². The number of carbonyl (C=O) groups excluding carboxylic acids is 2. The number of aromatic nitrogens is 2. The lowest BCUT2D eigenvalue weighted by molar-refractivity contribution is -0.123. The van der Waals surface area contributed by atoms with Crippen LogP contribution in [0.25, 0.3) is 0 Å². The van der Waals surface area contributed by atoms with Gasteiger partial charge in [0.1, 0.15) is 11.6 Å². The molecule has 4 rings (SSSR count). The van der Waals surface area contributed by atoms with Crippen LogP contribution in [0.5, 0.6) is 5.75 Å². The number of carbonyl (C=O) groups is 2. The minimum atomic E-state index is -0.631. The SMILES string of the molecule is COc1ccc(F)c(C[C@]2(CCC(=O)NC[C@@H]3CCCN(c4ncccn4)C3)CCC(=O)N2)c1. The number of anilines is 1. The quantitative estimate of drug-likeness (QED) is 0.586. The van der Waals surface area contributed by atoms with Crippen molar-refractivity contribution in [1.82, 2.24) is 20.6 Å². The average Bonchev–Trinajstić information content (AvgIpc) is 3.24. The highest BCUT2D eigenvalue weighted by molar-refractivity contribution is 5.80. The van der Waals surface area contributed by atoms with Gasteiger partial charge in [0.25, 0.3) is 0 Å². The summed E-state index contributed by atoms with van der Waals surface area (Å²) in [4.78, 5) is 35.5. The zero-order chi connectivity index (χ0) is 24.0. The number of nitrogens with one attached hydrogen (secondary N) is 2. The summed E-state index contributed by atoms with van der Waals surface area (Å²) in [5.41, 5.74) is -0.152. The summed E-state index contributed by atoms with van der Waals surface area (Å²) in [5, 5.41) is 6.08. The first-order valence-corrected chi connectivity index (χ1v) is 11.9. The van der Waals surface area contributed by atoms with E-state index in [9.17, 15) is 14.0 Å². The van der Waals surface area contributed by atoms with Crippen LogP contribution in [0.4, 0.5) is 10.3 Å². The van der Waals surface area contributed by atoms with Crippen LogP contribution in [0.15, 0.2) is 36.7 Å². The van der Waals surface area contributed by atoms with E-state index in [4.69, 9.17) is 4.74 Å². The van der Waals surface area contributed by atoms with Crippen LogP contribution >= 0.6 is 0 Å². The van der Waals surface area contributed by atoms with E-state index < -0.39 is 5.54 Å². The number of ether oxygens (including phenoxy) is 1. The summed E-state index contributed by atoms with van der Waals surface area (Å²) in [5.74, 6) is 1.16. The Labute approximate surface area is 199 Å². The maximum Gasteiger partial charge on any atom is 0.225 e. The highest BCUT2D eigenvalue weighted by Gasteiger charge is 2.38. The minimum Gasteiger partial charge on any atom is -0.497 e. The van der Waals surface area contributed by atoms with E-state index in [-0.39, 0.29) is 24.1 Å². The number of rotatable bonds is 9. The molecule has 182 valence electrons. The van der Waals surface area contributed by atoms with Gasteiger partial charge in [-0.15, -0.1) is 0 Å². The van der Waals surface area contributed by atoms with Gasteiger partial charge in [-0.2, -0.15) is 0 Å². The Morgan fingerprint density at radius 2 is 2.18 bits per heavy atom. The van der Waals surface area contributed by atoms with Crippen LogP contribution in [-0.4, -0.2) is 54.1 Å². The molecule has 0 aliphatic carbocycles. The van der Waals surface area contributed by atoms with Crippen molar-refractivity contribution in [2.24, 2.45) is 5.92 Å². The van der Waals surface area contributed by atoms with Crippen molar-refractivity contribution in [1.29, 1.82) is 0 Å². The van der Waals surface area contributed by atoms with E-state index in [0.717, 1.165) is 31.9 Å². The molecule has 2 saturated heterocycles. The van der Waals surface area contributed by atoms with E-state index in [1.165, 1.54) is 13.2 Å². The Bertz CT molecular complexity index is 1010. The van der Waals surface area contributed by atoms with Crippen molar-refractivity contribution in [3.05, 3.63) is 48.0 Å². The second-order valence-corrected chi connectivity index (χ2v) is 9.27. The van der Waals surface area contributed by atoms with Gasteiger partial charge in [0.05, 0.1) is 7.11 Å². The summed E-state index contributed by atoms with van der Waals surface area (Å²) >= 11 is 0. The Hall–Kier alpha value is -3.23. The summed E-state index contributed by atoms with van der Waals surface area (Å²) in [6.45, 7) is 2.31. The maximum atomic E-state index is 14.4. The molecule has 1 aromatic carbocycles. The molecule has 2 amide bonds. The van der Waals surface area contributed by atoms with E-state index in [1.807, 2.05) is 0 Å². The number of nitrogens with zero attached hydrogens (tertiary/aromatic N) is 3. The van der Waals surface area contributed by atoms with E-state index in [0.29, 0.717) is 49.5 Å². The Morgan fingerprint density at radius 3 is 2.91 bits per heavy atom. The molecule has 0 unspecified atom stereocenters. The molecule has 0 saturated carbocycles. The molecule has 34 heavy (non-hydrogen) atoms. The third-order valence-corrected chi connectivity index (χ3v) is 6.79. The number of methoxy groups -OCH3 is 1. The van der Waals surface area contributed by atoms with Crippen LogP contribution in [-0.2, 0) is 16.0 Å². The highest BCUT2D eigenvalue weighted by atomic mass is 19.1. The number of halogens is 1. The van der Waals surface area contributed by atoms with Crippen LogP contribution in [0.1, 0.15) is 44.1 Å². The molecule has 0 radical (unpaired) electrons. The normalized spacial score (nSPS) is 22.4. The molecule has 2 aliphatic rings. The summed E-state index contributed by atoms with van der Waals surface area (Å²) < 4.78 is 19.7. The summed E-state index contributed by atoms with van der Waals surface area (Å²) in [7, 11) is 1.53. The number of hydrogen-bond acceptors (Lipinski definition) is 6. The zero-order valence-corrected chi connectivity index (χ0v) is 19.6. The van der Waals surface area contributed by atoms with Gasteiger partial charge in [0.15, 0.2) is 0 Å². The molecule has 2 atom stereocenters. The van der Waals surface area contributed by atoms with Gasteiger partial charge >= 0.3 is 0 Å². The molecule has 8 nitrogen and oxygen atoms in total. The van der Waals surface area contributed by atoms with Gasteiger partial charge in [-0.25, -0.2) is 14.4 Å².